The Balaban J connectivity index is 1.61. The van der Waals surface area contributed by atoms with E-state index >= 15 is 0 Å². The van der Waals surface area contributed by atoms with Crippen molar-refractivity contribution in [2.75, 3.05) is 33.4 Å². The number of nitrogens with zero attached hydrogens (tertiary/aromatic N) is 1. The molecule has 3 heteroatoms. The summed E-state index contributed by atoms with van der Waals surface area (Å²) in [5, 5.41) is 0. The normalized spacial score (nSPS) is 11.0. The molecule has 0 fully saturated rings. The van der Waals surface area contributed by atoms with Crippen molar-refractivity contribution in [3.05, 3.63) is 48.5 Å². The molecular weight excluding hydrogens is 334 g/mol. The summed E-state index contributed by atoms with van der Waals surface area (Å²) in [6.45, 7) is 8.86. The fraction of sp³-hybridized carbons (Fsp3) is 0.500. The first kappa shape index (κ1) is 21.3. The van der Waals surface area contributed by atoms with Crippen molar-refractivity contribution in [2.24, 2.45) is 0 Å². The van der Waals surface area contributed by atoms with Gasteiger partial charge in [0.05, 0.1) is 13.7 Å². The Morgan fingerprint density at radius 3 is 1.74 bits per heavy atom. The molecule has 0 aliphatic heterocycles. The molecule has 0 aliphatic carbocycles. The average molecular weight is 370 g/mol. The molecule has 3 nitrogen and oxygen atoms in total. The predicted molar refractivity (Wildman–Crippen MR) is 115 cm³/mol. The van der Waals surface area contributed by atoms with Gasteiger partial charge < -0.3 is 14.4 Å². The summed E-state index contributed by atoms with van der Waals surface area (Å²) >= 11 is 0. The summed E-state index contributed by atoms with van der Waals surface area (Å²) in [7, 11) is 1.69. The molecule has 0 aliphatic rings. The standard InChI is InChI=1S/C24H35NO2/c1-4-25(5-2)19-9-7-6-8-10-20-27-24-17-13-22(14-18-24)21-11-15-23(26-3)16-12-21/h11-18H,4-10,19-20H2,1-3H3. The Hall–Kier alpha value is -2.00. The van der Waals surface area contributed by atoms with Crippen LogP contribution in [-0.4, -0.2) is 38.3 Å². The Bertz CT molecular complexity index is 618. The van der Waals surface area contributed by atoms with Crippen LogP contribution in [-0.2, 0) is 0 Å². The van der Waals surface area contributed by atoms with E-state index in [1.54, 1.807) is 7.11 Å². The van der Waals surface area contributed by atoms with Gasteiger partial charge >= 0.3 is 0 Å². The Labute approximate surface area is 165 Å². The van der Waals surface area contributed by atoms with E-state index in [2.05, 4.69) is 55.1 Å². The van der Waals surface area contributed by atoms with E-state index in [9.17, 15) is 0 Å². The number of ether oxygens (including phenoxy) is 2. The average Bonchev–Trinajstić information content (AvgIpc) is 2.73. The van der Waals surface area contributed by atoms with Crippen LogP contribution in [0.15, 0.2) is 48.5 Å². The Morgan fingerprint density at radius 2 is 1.19 bits per heavy atom. The van der Waals surface area contributed by atoms with E-state index in [1.165, 1.54) is 56.4 Å². The van der Waals surface area contributed by atoms with E-state index < -0.39 is 0 Å². The second-order valence-corrected chi connectivity index (χ2v) is 6.90. The third kappa shape index (κ3) is 7.64. The van der Waals surface area contributed by atoms with Gasteiger partial charge in [0.15, 0.2) is 0 Å². The van der Waals surface area contributed by atoms with Crippen LogP contribution in [0.5, 0.6) is 11.5 Å². The maximum atomic E-state index is 5.88. The molecule has 2 aromatic carbocycles. The SMILES string of the molecule is CCN(CC)CCCCCCCOc1ccc(-c2ccc(OC)cc2)cc1. The lowest BCUT2D eigenvalue weighted by Gasteiger charge is -2.17. The fourth-order valence-corrected chi connectivity index (χ4v) is 3.22. The molecule has 0 saturated heterocycles. The first-order valence-corrected chi connectivity index (χ1v) is 10.4. The summed E-state index contributed by atoms with van der Waals surface area (Å²) in [5.41, 5.74) is 2.38. The molecule has 2 aromatic rings. The highest BCUT2D eigenvalue weighted by Crippen LogP contribution is 2.24. The first-order valence-electron chi connectivity index (χ1n) is 10.4. The Morgan fingerprint density at radius 1 is 0.667 bits per heavy atom. The minimum absolute atomic E-state index is 0.803. The van der Waals surface area contributed by atoms with E-state index in [-0.39, 0.29) is 0 Å². The van der Waals surface area contributed by atoms with Gasteiger partial charge in [0.25, 0.3) is 0 Å². The molecule has 0 aromatic heterocycles. The molecule has 148 valence electrons. The molecule has 2 rings (SSSR count). The summed E-state index contributed by atoms with van der Waals surface area (Å²) in [6, 6.07) is 16.5. The molecule has 27 heavy (non-hydrogen) atoms. The lowest BCUT2D eigenvalue weighted by molar-refractivity contribution is 0.289. The van der Waals surface area contributed by atoms with Crippen LogP contribution in [0.25, 0.3) is 11.1 Å². The van der Waals surface area contributed by atoms with Gasteiger partial charge in [-0.1, -0.05) is 57.4 Å². The van der Waals surface area contributed by atoms with Crippen LogP contribution in [0.4, 0.5) is 0 Å². The summed E-state index contributed by atoms with van der Waals surface area (Å²) in [5.74, 6) is 1.83. The minimum atomic E-state index is 0.803. The third-order valence-corrected chi connectivity index (χ3v) is 5.06. The van der Waals surface area contributed by atoms with Crippen LogP contribution in [0, 0.1) is 0 Å². The molecule has 0 radical (unpaired) electrons. The van der Waals surface area contributed by atoms with Gasteiger partial charge in [0.1, 0.15) is 11.5 Å². The zero-order valence-corrected chi connectivity index (χ0v) is 17.2. The lowest BCUT2D eigenvalue weighted by atomic mass is 10.1. The van der Waals surface area contributed by atoms with Crippen LogP contribution < -0.4 is 9.47 Å². The van der Waals surface area contributed by atoms with Gasteiger partial charge in [-0.15, -0.1) is 0 Å². The second-order valence-electron chi connectivity index (χ2n) is 6.90. The predicted octanol–water partition coefficient (Wildman–Crippen LogP) is 6.03. The zero-order chi connectivity index (χ0) is 19.3. The maximum absolute atomic E-state index is 5.88. The lowest BCUT2D eigenvalue weighted by Crippen LogP contribution is -2.23. The van der Waals surface area contributed by atoms with Gasteiger partial charge in [-0.05, 0) is 67.9 Å². The Kier molecular flexibility index (Phi) is 9.78. The summed E-state index contributed by atoms with van der Waals surface area (Å²) in [6.07, 6.45) is 6.33. The second kappa shape index (κ2) is 12.4. The number of unbranched alkanes of at least 4 members (excludes halogenated alkanes) is 4. The number of hydrogen-bond donors (Lipinski definition) is 0. The van der Waals surface area contributed by atoms with Crippen molar-refractivity contribution in [1.29, 1.82) is 0 Å². The van der Waals surface area contributed by atoms with Gasteiger partial charge in [-0.3, -0.25) is 0 Å². The van der Waals surface area contributed by atoms with Crippen molar-refractivity contribution < 1.29 is 9.47 Å². The van der Waals surface area contributed by atoms with Crippen LogP contribution in [0.3, 0.4) is 0 Å². The number of methoxy groups -OCH3 is 1. The summed E-state index contributed by atoms with van der Waals surface area (Å²) < 4.78 is 11.1. The van der Waals surface area contributed by atoms with Gasteiger partial charge in [0.2, 0.25) is 0 Å². The van der Waals surface area contributed by atoms with Crippen molar-refractivity contribution in [3.8, 4) is 22.6 Å². The fourth-order valence-electron chi connectivity index (χ4n) is 3.22. The molecule has 0 spiro atoms. The molecule has 0 heterocycles. The highest BCUT2D eigenvalue weighted by atomic mass is 16.5. The van der Waals surface area contributed by atoms with E-state index in [0.717, 1.165) is 24.5 Å². The van der Waals surface area contributed by atoms with Crippen molar-refractivity contribution in [2.45, 2.75) is 46.0 Å². The minimum Gasteiger partial charge on any atom is -0.497 e. The molecule has 0 saturated carbocycles. The van der Waals surface area contributed by atoms with Gasteiger partial charge in [-0.25, -0.2) is 0 Å². The zero-order valence-electron chi connectivity index (χ0n) is 17.2. The van der Waals surface area contributed by atoms with Crippen molar-refractivity contribution in [3.63, 3.8) is 0 Å². The highest BCUT2D eigenvalue weighted by Gasteiger charge is 2.01. The molecule has 0 atom stereocenters. The van der Waals surface area contributed by atoms with Gasteiger partial charge in [-0.2, -0.15) is 0 Å². The van der Waals surface area contributed by atoms with E-state index in [1.807, 2.05) is 12.1 Å². The van der Waals surface area contributed by atoms with Crippen LogP contribution >= 0.6 is 0 Å². The number of rotatable bonds is 13. The van der Waals surface area contributed by atoms with Crippen molar-refractivity contribution in [1.82, 2.24) is 4.90 Å². The molecule has 0 bridgehead atoms. The topological polar surface area (TPSA) is 21.7 Å². The number of benzene rings is 2. The van der Waals surface area contributed by atoms with Gasteiger partial charge in [0, 0.05) is 0 Å². The monoisotopic (exact) mass is 369 g/mol. The smallest absolute Gasteiger partial charge is 0.119 e. The summed E-state index contributed by atoms with van der Waals surface area (Å²) in [4.78, 5) is 2.50. The quantitative estimate of drug-likeness (QED) is 0.402. The van der Waals surface area contributed by atoms with E-state index in [4.69, 9.17) is 9.47 Å². The highest BCUT2D eigenvalue weighted by molar-refractivity contribution is 5.64. The van der Waals surface area contributed by atoms with Crippen LogP contribution in [0.1, 0.15) is 46.0 Å². The first-order chi connectivity index (χ1) is 13.3. The van der Waals surface area contributed by atoms with Crippen LogP contribution in [0.2, 0.25) is 0 Å². The molecule has 0 N–H and O–H groups in total. The number of hydrogen-bond acceptors (Lipinski definition) is 3. The van der Waals surface area contributed by atoms with E-state index in [0.29, 0.717) is 0 Å². The molecular formula is C24H35NO2. The molecule has 0 amide bonds. The third-order valence-electron chi connectivity index (χ3n) is 5.06. The largest absolute Gasteiger partial charge is 0.497 e. The molecule has 0 unspecified atom stereocenters. The van der Waals surface area contributed by atoms with Crippen molar-refractivity contribution >= 4 is 0 Å². The maximum Gasteiger partial charge on any atom is 0.119 e.